The number of aliphatic hydroxyl groups is 2. The highest BCUT2D eigenvalue weighted by Gasteiger charge is 2.32. The van der Waals surface area contributed by atoms with Crippen LogP contribution in [-0.4, -0.2) is 98.0 Å². The number of nitrogens with one attached hydrogen (secondary N) is 3. The number of aliphatic hydroxyl groups excluding tert-OH is 2. The van der Waals surface area contributed by atoms with E-state index >= 15 is 0 Å². The first-order chi connectivity index (χ1) is 14.3. The Morgan fingerprint density at radius 2 is 1.39 bits per heavy atom. The molecule has 3 amide bonds. The Balaban J connectivity index is 5.17. The quantitative estimate of drug-likeness (QED) is 0.121. The molecule has 0 bridgehead atoms. The van der Waals surface area contributed by atoms with Crippen LogP contribution < -0.4 is 21.7 Å². The summed E-state index contributed by atoms with van der Waals surface area (Å²) in [5.41, 5.74) is 5.37. The van der Waals surface area contributed by atoms with E-state index in [0.717, 1.165) is 6.92 Å². The SMILES string of the molecule is CC(O)C(NC(=O)C(N)CC(=O)O)C(=O)NC(CO)C(=O)NC(CCC(=O)O)C(=O)O. The minimum absolute atomic E-state index is 0.462. The van der Waals surface area contributed by atoms with Crippen molar-refractivity contribution < 1.29 is 54.3 Å². The fraction of sp³-hybridized carbons (Fsp3) is 0.625. The molecule has 0 heterocycles. The smallest absolute Gasteiger partial charge is 0.326 e. The van der Waals surface area contributed by atoms with Gasteiger partial charge in [-0.05, 0) is 13.3 Å². The number of carboxylic acids is 3. The molecule has 0 fully saturated rings. The van der Waals surface area contributed by atoms with Gasteiger partial charge in [0.05, 0.1) is 25.2 Å². The van der Waals surface area contributed by atoms with Gasteiger partial charge in [0.25, 0.3) is 0 Å². The maximum atomic E-state index is 12.3. The summed E-state index contributed by atoms with van der Waals surface area (Å²) in [5, 5.41) is 51.4. The summed E-state index contributed by atoms with van der Waals surface area (Å²) in [6.45, 7) is 0.107. The minimum atomic E-state index is -1.70. The summed E-state index contributed by atoms with van der Waals surface area (Å²) >= 11 is 0. The molecule has 0 saturated heterocycles. The highest BCUT2D eigenvalue weighted by molar-refractivity contribution is 5.95. The fourth-order valence-electron chi connectivity index (χ4n) is 2.20. The van der Waals surface area contributed by atoms with Gasteiger partial charge in [0.15, 0.2) is 0 Å². The third-order valence-corrected chi connectivity index (χ3v) is 3.87. The van der Waals surface area contributed by atoms with Crippen molar-refractivity contribution in [3.8, 4) is 0 Å². The molecule has 31 heavy (non-hydrogen) atoms. The first kappa shape index (κ1) is 27.7. The predicted molar refractivity (Wildman–Crippen MR) is 99.3 cm³/mol. The molecule has 15 nitrogen and oxygen atoms in total. The molecule has 0 spiro atoms. The highest BCUT2D eigenvalue weighted by Crippen LogP contribution is 2.01. The van der Waals surface area contributed by atoms with Crippen LogP contribution in [0.5, 0.6) is 0 Å². The molecule has 0 aromatic rings. The van der Waals surface area contributed by atoms with E-state index in [1.165, 1.54) is 0 Å². The lowest BCUT2D eigenvalue weighted by Gasteiger charge is -2.25. The summed E-state index contributed by atoms with van der Waals surface area (Å²) in [5.74, 6) is -7.62. The van der Waals surface area contributed by atoms with Crippen LogP contribution in [0.3, 0.4) is 0 Å². The monoisotopic (exact) mass is 450 g/mol. The van der Waals surface area contributed by atoms with Crippen LogP contribution in [0.4, 0.5) is 0 Å². The van der Waals surface area contributed by atoms with Crippen LogP contribution in [0.15, 0.2) is 0 Å². The Morgan fingerprint density at radius 3 is 1.81 bits per heavy atom. The van der Waals surface area contributed by atoms with E-state index < -0.39 is 91.8 Å². The van der Waals surface area contributed by atoms with Gasteiger partial charge in [0, 0.05) is 6.42 Å². The molecule has 0 radical (unpaired) electrons. The van der Waals surface area contributed by atoms with Crippen molar-refractivity contribution in [2.75, 3.05) is 6.61 Å². The van der Waals surface area contributed by atoms with Gasteiger partial charge in [-0.15, -0.1) is 0 Å². The molecule has 5 unspecified atom stereocenters. The van der Waals surface area contributed by atoms with Crippen molar-refractivity contribution in [1.82, 2.24) is 16.0 Å². The Hall–Kier alpha value is -3.30. The second-order valence-corrected chi connectivity index (χ2v) is 6.51. The van der Waals surface area contributed by atoms with Gasteiger partial charge in [-0.25, -0.2) is 4.79 Å². The minimum Gasteiger partial charge on any atom is -0.481 e. The zero-order chi connectivity index (χ0) is 24.3. The predicted octanol–water partition coefficient (Wildman–Crippen LogP) is -4.43. The summed E-state index contributed by atoms with van der Waals surface area (Å²) in [6, 6.07) is -6.54. The van der Waals surface area contributed by atoms with Gasteiger partial charge in [0.1, 0.15) is 18.1 Å². The number of hydrogen-bond acceptors (Lipinski definition) is 9. The second kappa shape index (κ2) is 13.1. The van der Waals surface area contributed by atoms with E-state index in [1.54, 1.807) is 0 Å². The summed E-state index contributed by atoms with van der Waals surface area (Å²) in [7, 11) is 0. The molecule has 176 valence electrons. The van der Waals surface area contributed by atoms with Crippen LogP contribution in [0, 0.1) is 0 Å². The van der Waals surface area contributed by atoms with E-state index in [1.807, 2.05) is 16.0 Å². The summed E-state index contributed by atoms with van der Waals surface area (Å²) in [4.78, 5) is 68.8. The molecule has 0 aliphatic heterocycles. The number of amides is 3. The van der Waals surface area contributed by atoms with Crippen molar-refractivity contribution in [3.05, 3.63) is 0 Å². The number of nitrogens with two attached hydrogens (primary N) is 1. The number of hydrogen-bond donors (Lipinski definition) is 9. The van der Waals surface area contributed by atoms with Crippen LogP contribution in [0.2, 0.25) is 0 Å². The Labute approximate surface area is 175 Å². The largest absolute Gasteiger partial charge is 0.481 e. The first-order valence-electron chi connectivity index (χ1n) is 8.92. The Morgan fingerprint density at radius 1 is 0.839 bits per heavy atom. The number of carboxylic acid groups (broad SMARTS) is 3. The molecular weight excluding hydrogens is 424 g/mol. The molecule has 0 rings (SSSR count). The highest BCUT2D eigenvalue weighted by atomic mass is 16.4. The molecule has 0 saturated carbocycles. The molecule has 0 aliphatic rings. The first-order valence-corrected chi connectivity index (χ1v) is 8.92. The van der Waals surface area contributed by atoms with E-state index in [-0.39, 0.29) is 0 Å². The molecule has 5 atom stereocenters. The van der Waals surface area contributed by atoms with Crippen LogP contribution in [0.1, 0.15) is 26.2 Å². The van der Waals surface area contributed by atoms with Crippen LogP contribution in [0.25, 0.3) is 0 Å². The van der Waals surface area contributed by atoms with Crippen molar-refractivity contribution in [3.63, 3.8) is 0 Å². The number of rotatable bonds is 14. The third kappa shape index (κ3) is 10.3. The Kier molecular flexibility index (Phi) is 11.7. The average molecular weight is 450 g/mol. The molecule has 0 aromatic carbocycles. The lowest BCUT2D eigenvalue weighted by molar-refractivity contribution is -0.143. The molecule has 10 N–H and O–H groups in total. The van der Waals surface area contributed by atoms with Crippen molar-refractivity contribution >= 4 is 35.6 Å². The molecular formula is C16H26N4O11. The van der Waals surface area contributed by atoms with Crippen LogP contribution in [-0.2, 0) is 28.8 Å². The van der Waals surface area contributed by atoms with E-state index in [9.17, 15) is 39.0 Å². The van der Waals surface area contributed by atoms with Gasteiger partial charge in [-0.1, -0.05) is 0 Å². The van der Waals surface area contributed by atoms with Crippen LogP contribution >= 0.6 is 0 Å². The normalized spacial score (nSPS) is 15.5. The maximum Gasteiger partial charge on any atom is 0.326 e. The second-order valence-electron chi connectivity index (χ2n) is 6.51. The van der Waals surface area contributed by atoms with Gasteiger partial charge in [-0.2, -0.15) is 0 Å². The average Bonchev–Trinajstić information content (AvgIpc) is 2.65. The summed E-state index contributed by atoms with van der Waals surface area (Å²) in [6.07, 6.45) is -3.31. The molecule has 0 aliphatic carbocycles. The number of carbonyl (C=O) groups is 6. The maximum absolute atomic E-state index is 12.3. The summed E-state index contributed by atoms with van der Waals surface area (Å²) < 4.78 is 0. The van der Waals surface area contributed by atoms with Crippen molar-refractivity contribution in [2.24, 2.45) is 5.73 Å². The fourth-order valence-corrected chi connectivity index (χ4v) is 2.20. The third-order valence-electron chi connectivity index (χ3n) is 3.87. The topological polar surface area (TPSA) is 266 Å². The number of carbonyl (C=O) groups excluding carboxylic acids is 3. The van der Waals surface area contributed by atoms with E-state index in [4.69, 9.17) is 21.1 Å². The van der Waals surface area contributed by atoms with Gasteiger partial charge in [-0.3, -0.25) is 24.0 Å². The van der Waals surface area contributed by atoms with Crippen molar-refractivity contribution in [1.29, 1.82) is 0 Å². The standard InChI is InChI=1S/C16H26N4O11/c1-6(22)12(20-13(27)7(17)4-11(25)26)15(29)19-9(5-21)14(28)18-8(16(30)31)2-3-10(23)24/h6-9,12,21-22H,2-5,17H2,1H3,(H,18,28)(H,19,29)(H,20,27)(H,23,24)(H,25,26)(H,30,31). The van der Waals surface area contributed by atoms with Gasteiger partial charge < -0.3 is 47.2 Å². The van der Waals surface area contributed by atoms with E-state index in [2.05, 4.69) is 0 Å². The van der Waals surface area contributed by atoms with Gasteiger partial charge in [0.2, 0.25) is 17.7 Å². The molecule has 15 heteroatoms. The van der Waals surface area contributed by atoms with E-state index in [0.29, 0.717) is 0 Å². The lowest BCUT2D eigenvalue weighted by Crippen LogP contribution is -2.60. The molecule has 0 aromatic heterocycles. The number of aliphatic carboxylic acids is 3. The zero-order valence-corrected chi connectivity index (χ0v) is 16.5. The van der Waals surface area contributed by atoms with Gasteiger partial charge >= 0.3 is 17.9 Å². The Bertz CT molecular complexity index is 697. The zero-order valence-electron chi connectivity index (χ0n) is 16.5. The lowest BCUT2D eigenvalue weighted by atomic mass is 10.1. The van der Waals surface area contributed by atoms with Crippen molar-refractivity contribution in [2.45, 2.75) is 56.5 Å².